The lowest BCUT2D eigenvalue weighted by Gasteiger charge is -2.16. The van der Waals surface area contributed by atoms with Gasteiger partial charge in [0.05, 0.1) is 0 Å². The summed E-state index contributed by atoms with van der Waals surface area (Å²) < 4.78 is 5.74. The molecule has 0 bridgehead atoms. The minimum atomic E-state index is 0.0320. The predicted molar refractivity (Wildman–Crippen MR) is 83.6 cm³/mol. The Morgan fingerprint density at radius 2 is 2.29 bits per heavy atom. The van der Waals surface area contributed by atoms with Gasteiger partial charge < -0.3 is 15.4 Å². The number of carbonyl (C=O) groups is 1. The third-order valence-electron chi connectivity index (χ3n) is 3.55. The van der Waals surface area contributed by atoms with Crippen molar-refractivity contribution in [1.82, 2.24) is 4.90 Å². The quantitative estimate of drug-likeness (QED) is 0.944. The van der Waals surface area contributed by atoms with Crippen molar-refractivity contribution in [2.45, 2.75) is 19.1 Å². The fourth-order valence-electron chi connectivity index (χ4n) is 2.42. The second-order valence-corrected chi connectivity index (χ2v) is 6.23. The van der Waals surface area contributed by atoms with Crippen LogP contribution < -0.4 is 10.5 Å². The molecule has 1 saturated heterocycles. The molecule has 3 rings (SSSR count). The van der Waals surface area contributed by atoms with Gasteiger partial charge in [-0.05, 0) is 36.1 Å². The van der Waals surface area contributed by atoms with Crippen LogP contribution in [0.15, 0.2) is 41.8 Å². The maximum absolute atomic E-state index is 12.4. The van der Waals surface area contributed by atoms with Crippen molar-refractivity contribution in [1.29, 1.82) is 0 Å². The molecule has 2 N–H and O–H groups in total. The van der Waals surface area contributed by atoms with E-state index >= 15 is 0 Å². The minimum Gasteiger partial charge on any atom is -0.488 e. The van der Waals surface area contributed by atoms with Crippen LogP contribution in [0.5, 0.6) is 5.75 Å². The Morgan fingerprint density at radius 3 is 3.00 bits per heavy atom. The normalized spacial score (nSPS) is 18.0. The first-order chi connectivity index (χ1) is 10.2. The number of nitrogens with two attached hydrogens (primary N) is 1. The number of likely N-dealkylation sites (tertiary alicyclic amines) is 1. The Bertz CT molecular complexity index is 612. The number of hydrogen-bond acceptors (Lipinski definition) is 4. The van der Waals surface area contributed by atoms with Crippen LogP contribution in [0.2, 0.25) is 0 Å². The molecule has 0 spiro atoms. The van der Waals surface area contributed by atoms with Crippen LogP contribution in [0.4, 0.5) is 0 Å². The summed E-state index contributed by atoms with van der Waals surface area (Å²) >= 11 is 1.66. The average Bonchev–Trinajstić information content (AvgIpc) is 3.16. The number of ether oxygens (including phenoxy) is 1. The van der Waals surface area contributed by atoms with E-state index in [1.54, 1.807) is 17.4 Å². The van der Waals surface area contributed by atoms with Crippen LogP contribution in [-0.4, -0.2) is 29.9 Å². The molecule has 2 heterocycles. The highest BCUT2D eigenvalue weighted by molar-refractivity contribution is 7.09. The summed E-state index contributed by atoms with van der Waals surface area (Å²) in [7, 11) is 0. The predicted octanol–water partition coefficient (Wildman–Crippen LogP) is 2.50. The summed E-state index contributed by atoms with van der Waals surface area (Å²) in [6.07, 6.45) is 0.875. The number of thiophene rings is 1. The van der Waals surface area contributed by atoms with E-state index < -0.39 is 0 Å². The van der Waals surface area contributed by atoms with E-state index in [-0.39, 0.29) is 11.9 Å². The number of benzene rings is 1. The lowest BCUT2D eigenvalue weighted by atomic mass is 10.2. The average molecular weight is 302 g/mol. The minimum absolute atomic E-state index is 0.0320. The van der Waals surface area contributed by atoms with Crippen molar-refractivity contribution in [3.05, 3.63) is 52.2 Å². The number of amides is 1. The van der Waals surface area contributed by atoms with E-state index in [0.29, 0.717) is 18.7 Å². The van der Waals surface area contributed by atoms with Gasteiger partial charge >= 0.3 is 0 Å². The maximum atomic E-state index is 12.4. The van der Waals surface area contributed by atoms with E-state index in [4.69, 9.17) is 10.5 Å². The van der Waals surface area contributed by atoms with Crippen molar-refractivity contribution < 1.29 is 9.53 Å². The largest absolute Gasteiger partial charge is 0.488 e. The van der Waals surface area contributed by atoms with Crippen molar-refractivity contribution in [3.63, 3.8) is 0 Å². The first kappa shape index (κ1) is 14.1. The van der Waals surface area contributed by atoms with Crippen molar-refractivity contribution >= 4 is 17.2 Å². The topological polar surface area (TPSA) is 55.6 Å². The molecule has 1 fully saturated rings. The van der Waals surface area contributed by atoms with Gasteiger partial charge in [0.1, 0.15) is 12.4 Å². The van der Waals surface area contributed by atoms with Crippen LogP contribution in [-0.2, 0) is 6.61 Å². The molecule has 2 aromatic rings. The van der Waals surface area contributed by atoms with Crippen LogP contribution in [0.1, 0.15) is 21.7 Å². The molecule has 21 heavy (non-hydrogen) atoms. The third-order valence-corrected chi connectivity index (χ3v) is 4.40. The van der Waals surface area contributed by atoms with Crippen molar-refractivity contribution in [2.75, 3.05) is 13.1 Å². The molecule has 110 valence electrons. The first-order valence-electron chi connectivity index (χ1n) is 7.02. The van der Waals surface area contributed by atoms with Crippen LogP contribution >= 0.6 is 11.3 Å². The van der Waals surface area contributed by atoms with E-state index in [9.17, 15) is 4.79 Å². The van der Waals surface area contributed by atoms with E-state index in [1.807, 2.05) is 40.6 Å². The molecule has 1 aromatic heterocycles. The number of carbonyl (C=O) groups excluding carboxylic acids is 1. The third kappa shape index (κ3) is 3.43. The molecular weight excluding hydrogens is 284 g/mol. The summed E-state index contributed by atoms with van der Waals surface area (Å²) in [5.41, 5.74) is 6.52. The highest BCUT2D eigenvalue weighted by Gasteiger charge is 2.24. The molecule has 4 nitrogen and oxygen atoms in total. The fourth-order valence-corrected chi connectivity index (χ4v) is 3.04. The molecule has 5 heteroatoms. The Kier molecular flexibility index (Phi) is 4.22. The van der Waals surface area contributed by atoms with Gasteiger partial charge in [0, 0.05) is 29.6 Å². The van der Waals surface area contributed by atoms with Crippen molar-refractivity contribution in [2.24, 2.45) is 5.73 Å². The standard InChI is InChI=1S/C16H18N2O2S/c17-13-6-7-18(10-13)16(19)12-3-1-4-14(9-12)20-11-15-5-2-8-21-15/h1-5,8-9,13H,6-7,10-11,17H2/t13-/m1/s1. The van der Waals surface area contributed by atoms with Gasteiger partial charge in [0.25, 0.3) is 5.91 Å². The molecule has 1 amide bonds. The zero-order valence-corrected chi connectivity index (χ0v) is 12.5. The Morgan fingerprint density at radius 1 is 1.38 bits per heavy atom. The molecule has 1 aromatic carbocycles. The number of nitrogens with zero attached hydrogens (tertiary/aromatic N) is 1. The highest BCUT2D eigenvalue weighted by atomic mass is 32.1. The monoisotopic (exact) mass is 302 g/mol. The van der Waals surface area contributed by atoms with Gasteiger partial charge in [0.15, 0.2) is 0 Å². The van der Waals surface area contributed by atoms with Gasteiger partial charge in [0.2, 0.25) is 0 Å². The van der Waals surface area contributed by atoms with E-state index in [2.05, 4.69) is 0 Å². The number of hydrogen-bond donors (Lipinski definition) is 1. The molecule has 1 atom stereocenters. The second kappa shape index (κ2) is 6.28. The highest BCUT2D eigenvalue weighted by Crippen LogP contribution is 2.19. The molecule has 0 saturated carbocycles. The molecule has 0 radical (unpaired) electrons. The zero-order valence-electron chi connectivity index (χ0n) is 11.7. The zero-order chi connectivity index (χ0) is 14.7. The SMILES string of the molecule is N[C@@H]1CCN(C(=O)c2cccc(OCc3cccs3)c2)C1. The summed E-state index contributed by atoms with van der Waals surface area (Å²) in [5, 5.41) is 2.02. The summed E-state index contributed by atoms with van der Waals surface area (Å²) in [4.78, 5) is 15.4. The number of rotatable bonds is 4. The molecule has 1 aliphatic heterocycles. The lowest BCUT2D eigenvalue weighted by molar-refractivity contribution is 0.0790. The van der Waals surface area contributed by atoms with Crippen molar-refractivity contribution in [3.8, 4) is 5.75 Å². The van der Waals surface area contributed by atoms with Crippen LogP contribution in [0.25, 0.3) is 0 Å². The molecule has 0 aliphatic carbocycles. The maximum Gasteiger partial charge on any atom is 0.254 e. The van der Waals surface area contributed by atoms with Crippen LogP contribution in [0, 0.1) is 0 Å². The second-order valence-electron chi connectivity index (χ2n) is 5.20. The first-order valence-corrected chi connectivity index (χ1v) is 7.90. The summed E-state index contributed by atoms with van der Waals surface area (Å²) in [6.45, 7) is 1.91. The molecule has 1 aliphatic rings. The smallest absolute Gasteiger partial charge is 0.254 e. The Labute approximate surface area is 128 Å². The Hall–Kier alpha value is -1.85. The molecular formula is C16H18N2O2S. The van der Waals surface area contributed by atoms with Gasteiger partial charge in [-0.1, -0.05) is 12.1 Å². The fraction of sp³-hybridized carbons (Fsp3) is 0.312. The molecule has 0 unspecified atom stereocenters. The van der Waals surface area contributed by atoms with Gasteiger partial charge in [-0.3, -0.25) is 4.79 Å². The van der Waals surface area contributed by atoms with E-state index in [0.717, 1.165) is 23.6 Å². The van der Waals surface area contributed by atoms with E-state index in [1.165, 1.54) is 0 Å². The summed E-state index contributed by atoms with van der Waals surface area (Å²) in [5.74, 6) is 0.752. The van der Waals surface area contributed by atoms with Gasteiger partial charge in [-0.25, -0.2) is 0 Å². The lowest BCUT2D eigenvalue weighted by Crippen LogP contribution is -2.31. The summed E-state index contributed by atoms with van der Waals surface area (Å²) in [6, 6.07) is 11.5. The van der Waals surface area contributed by atoms with Crippen LogP contribution in [0.3, 0.4) is 0 Å². The van der Waals surface area contributed by atoms with Gasteiger partial charge in [-0.2, -0.15) is 0 Å². The van der Waals surface area contributed by atoms with Gasteiger partial charge in [-0.15, -0.1) is 11.3 Å². The Balaban J connectivity index is 1.66.